The van der Waals surface area contributed by atoms with Gasteiger partial charge in [0.05, 0.1) is 5.56 Å². The fraction of sp³-hybridized carbons (Fsp3) is 0.533. The molecule has 1 amide bonds. The predicted molar refractivity (Wildman–Crippen MR) is 82.8 cm³/mol. The minimum Gasteiger partial charge on any atom is -0.352 e. The highest BCUT2D eigenvalue weighted by Gasteiger charge is 2.21. The quantitative estimate of drug-likeness (QED) is 0.815. The van der Waals surface area contributed by atoms with Gasteiger partial charge < -0.3 is 5.32 Å². The Bertz CT molecular complexity index is 463. The summed E-state index contributed by atoms with van der Waals surface area (Å²) in [7, 11) is 0. The molecule has 104 valence electrons. The second-order valence-corrected chi connectivity index (χ2v) is 6.79. The number of halogens is 2. The third-order valence-corrected chi connectivity index (χ3v) is 4.69. The van der Waals surface area contributed by atoms with Crippen LogP contribution in [0.15, 0.2) is 22.7 Å². The maximum Gasteiger partial charge on any atom is 0.252 e. The van der Waals surface area contributed by atoms with E-state index in [1.165, 1.54) is 12.8 Å². The van der Waals surface area contributed by atoms with Crippen molar-refractivity contribution in [2.75, 3.05) is 6.54 Å². The summed E-state index contributed by atoms with van der Waals surface area (Å²) in [5.74, 6) is 0.507. The molecule has 0 aromatic heterocycles. The van der Waals surface area contributed by atoms with Gasteiger partial charge in [0.25, 0.3) is 5.91 Å². The zero-order valence-electron chi connectivity index (χ0n) is 11.1. The molecular weight excluding hydrogens is 326 g/mol. The van der Waals surface area contributed by atoms with Gasteiger partial charge in [-0.1, -0.05) is 12.5 Å². The fourth-order valence-electron chi connectivity index (χ4n) is 2.55. The minimum absolute atomic E-state index is 0.0106. The highest BCUT2D eigenvalue weighted by atomic mass is 79.9. The Morgan fingerprint density at radius 3 is 2.95 bits per heavy atom. The number of carbonyl (C=O) groups is 1. The van der Waals surface area contributed by atoms with Gasteiger partial charge >= 0.3 is 0 Å². The Morgan fingerprint density at radius 1 is 1.47 bits per heavy atom. The van der Waals surface area contributed by atoms with E-state index < -0.39 is 0 Å². The lowest BCUT2D eigenvalue weighted by molar-refractivity contribution is 0.0943. The van der Waals surface area contributed by atoms with E-state index in [2.05, 4.69) is 21.2 Å². The van der Waals surface area contributed by atoms with Gasteiger partial charge in [-0.2, -0.15) is 0 Å². The van der Waals surface area contributed by atoms with Crippen molar-refractivity contribution in [2.45, 2.75) is 38.0 Å². The highest BCUT2D eigenvalue weighted by molar-refractivity contribution is 9.10. The second-order valence-electron chi connectivity index (χ2n) is 5.32. The van der Waals surface area contributed by atoms with Crippen molar-refractivity contribution >= 4 is 33.4 Å². The molecule has 2 rings (SSSR count). The van der Waals surface area contributed by atoms with Crippen molar-refractivity contribution in [3.8, 4) is 0 Å². The highest BCUT2D eigenvalue weighted by Crippen LogP contribution is 2.27. The first kappa shape index (κ1) is 14.9. The summed E-state index contributed by atoms with van der Waals surface area (Å²) in [6, 6.07) is 5.78. The lowest BCUT2D eigenvalue weighted by Gasteiger charge is -2.25. The normalized spacial score (nSPS) is 23.1. The number of carbonyl (C=O) groups excluding carboxylic acids is 1. The van der Waals surface area contributed by atoms with Crippen LogP contribution in [-0.4, -0.2) is 17.8 Å². The van der Waals surface area contributed by atoms with E-state index in [0.29, 0.717) is 11.5 Å². The van der Waals surface area contributed by atoms with E-state index >= 15 is 0 Å². The van der Waals surface area contributed by atoms with Gasteiger partial charge in [-0.25, -0.2) is 0 Å². The first-order chi connectivity index (χ1) is 9.06. The molecule has 0 spiro atoms. The molecule has 19 heavy (non-hydrogen) atoms. The Hall–Kier alpha value is -0.540. The molecule has 0 radical (unpaired) electrons. The van der Waals surface area contributed by atoms with Crippen molar-refractivity contribution in [1.29, 1.82) is 0 Å². The van der Waals surface area contributed by atoms with Gasteiger partial charge in [0, 0.05) is 16.4 Å². The third kappa shape index (κ3) is 4.22. The topological polar surface area (TPSA) is 29.1 Å². The number of rotatable bonds is 3. The van der Waals surface area contributed by atoms with E-state index in [4.69, 9.17) is 11.6 Å². The smallest absolute Gasteiger partial charge is 0.252 e. The molecule has 1 fully saturated rings. The van der Waals surface area contributed by atoms with Crippen LogP contribution in [0.3, 0.4) is 0 Å². The summed E-state index contributed by atoms with van der Waals surface area (Å²) in [4.78, 5) is 12.1. The molecule has 1 aliphatic rings. The molecular formula is C15H19BrClNO. The van der Waals surface area contributed by atoms with Crippen molar-refractivity contribution in [3.63, 3.8) is 0 Å². The van der Waals surface area contributed by atoms with E-state index in [-0.39, 0.29) is 11.3 Å². The van der Waals surface area contributed by atoms with Gasteiger partial charge in [-0.15, -0.1) is 11.6 Å². The zero-order valence-corrected chi connectivity index (χ0v) is 13.4. The summed E-state index contributed by atoms with van der Waals surface area (Å²) in [5.41, 5.74) is 1.84. The Morgan fingerprint density at radius 2 is 2.26 bits per heavy atom. The van der Waals surface area contributed by atoms with Crippen LogP contribution in [0.5, 0.6) is 0 Å². The molecule has 2 atom stereocenters. The maximum atomic E-state index is 12.1. The number of nitrogens with one attached hydrogen (secondary N) is 1. The number of benzene rings is 1. The van der Waals surface area contributed by atoms with Crippen molar-refractivity contribution in [2.24, 2.45) is 5.92 Å². The number of aryl methyl sites for hydroxylation is 1. The average Bonchev–Trinajstić information content (AvgIpc) is 2.36. The molecule has 1 aromatic rings. The van der Waals surface area contributed by atoms with Crippen molar-refractivity contribution < 1.29 is 4.79 Å². The molecule has 2 unspecified atom stereocenters. The molecule has 0 aliphatic heterocycles. The van der Waals surface area contributed by atoms with Crippen LogP contribution >= 0.6 is 27.5 Å². The van der Waals surface area contributed by atoms with E-state index in [1.54, 1.807) is 0 Å². The van der Waals surface area contributed by atoms with Gasteiger partial charge in [0.1, 0.15) is 0 Å². The summed E-state index contributed by atoms with van der Waals surface area (Å²) < 4.78 is 0.851. The zero-order chi connectivity index (χ0) is 13.8. The van der Waals surface area contributed by atoms with E-state index in [0.717, 1.165) is 29.4 Å². The average molecular weight is 345 g/mol. The van der Waals surface area contributed by atoms with Crippen LogP contribution in [0.25, 0.3) is 0 Å². The molecule has 4 heteroatoms. The fourth-order valence-corrected chi connectivity index (χ4v) is 3.63. The maximum absolute atomic E-state index is 12.1. The van der Waals surface area contributed by atoms with Gasteiger partial charge in [0.2, 0.25) is 0 Å². The number of hydrogen-bond donors (Lipinski definition) is 1. The van der Waals surface area contributed by atoms with Crippen LogP contribution in [-0.2, 0) is 0 Å². The van der Waals surface area contributed by atoms with Crippen LogP contribution in [0, 0.1) is 12.8 Å². The third-order valence-electron chi connectivity index (χ3n) is 3.64. The summed E-state index contributed by atoms with van der Waals surface area (Å²) in [5, 5.41) is 3.30. The largest absolute Gasteiger partial charge is 0.352 e. The molecule has 2 nitrogen and oxygen atoms in total. The van der Waals surface area contributed by atoms with Crippen LogP contribution in [0.1, 0.15) is 41.6 Å². The SMILES string of the molecule is Cc1ccc(C(=O)NCC2CCCC(Cl)C2)c(Br)c1. The molecule has 0 bridgehead atoms. The first-order valence-electron chi connectivity index (χ1n) is 6.74. The van der Waals surface area contributed by atoms with Crippen LogP contribution < -0.4 is 5.32 Å². The molecule has 1 saturated carbocycles. The molecule has 0 heterocycles. The monoisotopic (exact) mass is 343 g/mol. The number of amides is 1. The standard InChI is InChI=1S/C15H19BrClNO/c1-10-5-6-13(14(16)7-10)15(19)18-9-11-3-2-4-12(17)8-11/h5-7,11-12H,2-4,8-9H2,1H3,(H,18,19). The van der Waals surface area contributed by atoms with Gasteiger partial charge in [-0.05, 0) is 65.7 Å². The molecule has 0 saturated heterocycles. The van der Waals surface area contributed by atoms with Crippen molar-refractivity contribution in [1.82, 2.24) is 5.32 Å². The lowest BCUT2D eigenvalue weighted by atomic mass is 9.89. The predicted octanol–water partition coefficient (Wildman–Crippen LogP) is 4.28. The van der Waals surface area contributed by atoms with E-state index in [9.17, 15) is 4.79 Å². The summed E-state index contributed by atoms with van der Waals surface area (Å²) in [6.07, 6.45) is 4.45. The lowest BCUT2D eigenvalue weighted by Crippen LogP contribution is -2.32. The van der Waals surface area contributed by atoms with Crippen LogP contribution in [0.2, 0.25) is 0 Å². The molecule has 1 aromatic carbocycles. The Kier molecular flexibility index (Phi) is 5.28. The van der Waals surface area contributed by atoms with Gasteiger partial charge in [0.15, 0.2) is 0 Å². The van der Waals surface area contributed by atoms with E-state index in [1.807, 2.05) is 25.1 Å². The molecule has 1 N–H and O–H groups in total. The summed E-state index contributed by atoms with van der Waals surface area (Å²) in [6.45, 7) is 2.73. The first-order valence-corrected chi connectivity index (χ1v) is 7.97. The second kappa shape index (κ2) is 6.76. The van der Waals surface area contributed by atoms with Gasteiger partial charge in [-0.3, -0.25) is 4.79 Å². The van der Waals surface area contributed by atoms with Crippen LogP contribution in [0.4, 0.5) is 0 Å². The number of hydrogen-bond acceptors (Lipinski definition) is 1. The minimum atomic E-state index is -0.0106. The number of alkyl halides is 1. The Labute approximate surface area is 128 Å². The molecule has 1 aliphatic carbocycles. The van der Waals surface area contributed by atoms with Crippen molar-refractivity contribution in [3.05, 3.63) is 33.8 Å². The Balaban J connectivity index is 1.90. The summed E-state index contributed by atoms with van der Waals surface area (Å²) >= 11 is 9.61.